The van der Waals surface area contributed by atoms with Crippen molar-refractivity contribution in [3.8, 4) is 0 Å². The van der Waals surface area contributed by atoms with Gasteiger partial charge in [0.15, 0.2) is 0 Å². The van der Waals surface area contributed by atoms with E-state index >= 15 is 0 Å². The van der Waals surface area contributed by atoms with Crippen LogP contribution in [0.15, 0.2) is 22.7 Å². The van der Waals surface area contributed by atoms with E-state index in [1.54, 1.807) is 19.2 Å². The third kappa shape index (κ3) is 6.00. The van der Waals surface area contributed by atoms with Crippen LogP contribution in [0.1, 0.15) is 6.42 Å². The van der Waals surface area contributed by atoms with Crippen LogP contribution in [0.25, 0.3) is 0 Å². The Labute approximate surface area is 109 Å². The van der Waals surface area contributed by atoms with Crippen LogP contribution in [-0.4, -0.2) is 33.5 Å². The zero-order valence-electron chi connectivity index (χ0n) is 9.84. The van der Waals surface area contributed by atoms with E-state index in [1.165, 1.54) is 6.07 Å². The second kappa shape index (κ2) is 8.44. The van der Waals surface area contributed by atoms with E-state index in [4.69, 9.17) is 9.47 Å². The average molecular weight is 306 g/mol. The van der Waals surface area contributed by atoms with Crippen LogP contribution in [0.4, 0.5) is 10.1 Å². The van der Waals surface area contributed by atoms with E-state index in [1.807, 2.05) is 0 Å². The van der Waals surface area contributed by atoms with Gasteiger partial charge in [0.25, 0.3) is 0 Å². The lowest BCUT2D eigenvalue weighted by molar-refractivity contribution is 0.109. The first kappa shape index (κ1) is 14.4. The molecule has 0 aliphatic carbocycles. The van der Waals surface area contributed by atoms with E-state index in [9.17, 15) is 4.39 Å². The monoisotopic (exact) mass is 305 g/mol. The lowest BCUT2D eigenvalue weighted by Gasteiger charge is -2.08. The van der Waals surface area contributed by atoms with Gasteiger partial charge < -0.3 is 14.8 Å². The lowest BCUT2D eigenvalue weighted by atomic mass is 10.3. The summed E-state index contributed by atoms with van der Waals surface area (Å²) in [4.78, 5) is 0. The Morgan fingerprint density at radius 2 is 2.12 bits per heavy atom. The predicted octanol–water partition coefficient (Wildman–Crippen LogP) is 3.05. The fraction of sp³-hybridized carbons (Fsp3) is 0.500. The molecule has 0 unspecified atom stereocenters. The van der Waals surface area contributed by atoms with Crippen molar-refractivity contribution in [1.29, 1.82) is 0 Å². The molecule has 0 fully saturated rings. The maximum Gasteiger partial charge on any atom is 0.146 e. The number of rotatable bonds is 8. The highest BCUT2D eigenvalue weighted by Gasteiger charge is 2.01. The Kier molecular flexibility index (Phi) is 7.16. The number of halogens is 2. The second-order valence-corrected chi connectivity index (χ2v) is 4.43. The molecule has 0 aliphatic rings. The third-order valence-corrected chi connectivity index (χ3v) is 2.62. The summed E-state index contributed by atoms with van der Waals surface area (Å²) in [5, 5.41) is 2.98. The molecule has 17 heavy (non-hydrogen) atoms. The van der Waals surface area contributed by atoms with Crippen molar-refractivity contribution in [3.63, 3.8) is 0 Å². The second-order valence-electron chi connectivity index (χ2n) is 3.51. The molecule has 0 aromatic heterocycles. The molecule has 0 saturated heterocycles. The van der Waals surface area contributed by atoms with Crippen molar-refractivity contribution >= 4 is 21.6 Å². The van der Waals surface area contributed by atoms with Crippen LogP contribution in [0.5, 0.6) is 0 Å². The Hall–Kier alpha value is -0.650. The van der Waals surface area contributed by atoms with Crippen molar-refractivity contribution in [2.75, 3.05) is 38.8 Å². The molecule has 0 spiro atoms. The maximum absolute atomic E-state index is 13.3. The minimum atomic E-state index is -0.257. The van der Waals surface area contributed by atoms with Crippen LogP contribution in [0.3, 0.4) is 0 Å². The highest BCUT2D eigenvalue weighted by molar-refractivity contribution is 9.10. The molecule has 1 N–H and O–H groups in total. The van der Waals surface area contributed by atoms with Gasteiger partial charge in [-0.05, 0) is 24.6 Å². The van der Waals surface area contributed by atoms with E-state index < -0.39 is 0 Å². The summed E-state index contributed by atoms with van der Waals surface area (Å²) in [7, 11) is 1.66. The highest BCUT2D eigenvalue weighted by atomic mass is 79.9. The molecule has 0 saturated carbocycles. The smallest absolute Gasteiger partial charge is 0.146 e. The summed E-state index contributed by atoms with van der Waals surface area (Å²) in [5.74, 6) is -0.257. The summed E-state index contributed by atoms with van der Waals surface area (Å²) in [6.45, 7) is 2.50. The van der Waals surface area contributed by atoms with Crippen LogP contribution < -0.4 is 5.32 Å². The SMILES string of the molecule is COCCCOCCNc1cc(Br)ccc1F. The standard InChI is InChI=1S/C12H17BrFNO2/c1-16-6-2-7-17-8-5-15-12-9-10(13)3-4-11(12)14/h3-4,9,15H,2,5-8H2,1H3. The summed E-state index contributed by atoms with van der Waals surface area (Å²) in [6, 6.07) is 4.80. The van der Waals surface area contributed by atoms with Gasteiger partial charge in [0, 0.05) is 31.3 Å². The van der Waals surface area contributed by atoms with Gasteiger partial charge in [0.05, 0.1) is 12.3 Å². The number of anilines is 1. The summed E-state index contributed by atoms with van der Waals surface area (Å²) >= 11 is 3.30. The Balaban J connectivity index is 2.15. The summed E-state index contributed by atoms with van der Waals surface area (Å²) in [6.07, 6.45) is 0.877. The summed E-state index contributed by atoms with van der Waals surface area (Å²) in [5.41, 5.74) is 0.486. The van der Waals surface area contributed by atoms with Gasteiger partial charge in [-0.3, -0.25) is 0 Å². The molecular weight excluding hydrogens is 289 g/mol. The topological polar surface area (TPSA) is 30.5 Å². The molecule has 1 rings (SSSR count). The Morgan fingerprint density at radius 3 is 2.88 bits per heavy atom. The van der Waals surface area contributed by atoms with E-state index in [0.717, 1.165) is 10.9 Å². The first-order valence-corrected chi connectivity index (χ1v) is 6.29. The molecule has 0 bridgehead atoms. The first-order chi connectivity index (χ1) is 8.24. The van der Waals surface area contributed by atoms with Crippen molar-refractivity contribution in [2.45, 2.75) is 6.42 Å². The molecule has 5 heteroatoms. The highest BCUT2D eigenvalue weighted by Crippen LogP contribution is 2.19. The van der Waals surface area contributed by atoms with Gasteiger partial charge in [-0.25, -0.2) is 4.39 Å². The minimum Gasteiger partial charge on any atom is -0.385 e. The largest absolute Gasteiger partial charge is 0.385 e. The Morgan fingerprint density at radius 1 is 1.29 bits per heavy atom. The van der Waals surface area contributed by atoms with Crippen molar-refractivity contribution in [1.82, 2.24) is 0 Å². The summed E-state index contributed by atoms with van der Waals surface area (Å²) < 4.78 is 24.4. The molecular formula is C12H17BrFNO2. The number of ether oxygens (including phenoxy) is 2. The number of hydrogen-bond donors (Lipinski definition) is 1. The molecule has 0 radical (unpaired) electrons. The molecule has 0 aliphatic heterocycles. The number of nitrogens with one attached hydrogen (secondary N) is 1. The lowest BCUT2D eigenvalue weighted by Crippen LogP contribution is -2.11. The van der Waals surface area contributed by atoms with Crippen LogP contribution >= 0.6 is 15.9 Å². The van der Waals surface area contributed by atoms with Crippen molar-refractivity contribution in [2.24, 2.45) is 0 Å². The molecule has 0 amide bonds. The fourth-order valence-electron chi connectivity index (χ4n) is 1.30. The van der Waals surface area contributed by atoms with Gasteiger partial charge >= 0.3 is 0 Å². The van der Waals surface area contributed by atoms with Crippen molar-refractivity contribution < 1.29 is 13.9 Å². The van der Waals surface area contributed by atoms with Crippen molar-refractivity contribution in [3.05, 3.63) is 28.5 Å². The fourth-order valence-corrected chi connectivity index (χ4v) is 1.66. The van der Waals surface area contributed by atoms with Crippen LogP contribution in [-0.2, 0) is 9.47 Å². The first-order valence-electron chi connectivity index (χ1n) is 5.49. The van der Waals surface area contributed by atoms with Gasteiger partial charge in [0.2, 0.25) is 0 Å². The average Bonchev–Trinajstić information content (AvgIpc) is 2.32. The molecule has 0 atom stereocenters. The molecule has 3 nitrogen and oxygen atoms in total. The van der Waals surface area contributed by atoms with E-state index in [-0.39, 0.29) is 5.82 Å². The van der Waals surface area contributed by atoms with Gasteiger partial charge in [-0.2, -0.15) is 0 Å². The normalized spacial score (nSPS) is 10.5. The number of methoxy groups -OCH3 is 1. The predicted molar refractivity (Wildman–Crippen MR) is 69.9 cm³/mol. The zero-order valence-corrected chi connectivity index (χ0v) is 11.4. The minimum absolute atomic E-state index is 0.257. The zero-order chi connectivity index (χ0) is 12.5. The van der Waals surface area contributed by atoms with Gasteiger partial charge in [-0.15, -0.1) is 0 Å². The quantitative estimate of drug-likeness (QED) is 0.749. The molecule has 96 valence electrons. The Bertz CT molecular complexity index is 336. The third-order valence-electron chi connectivity index (χ3n) is 2.13. The maximum atomic E-state index is 13.3. The van der Waals surface area contributed by atoms with Gasteiger partial charge in [-0.1, -0.05) is 15.9 Å². The molecule has 0 heterocycles. The van der Waals surface area contributed by atoms with Gasteiger partial charge in [0.1, 0.15) is 5.82 Å². The van der Waals surface area contributed by atoms with Crippen LogP contribution in [0, 0.1) is 5.82 Å². The number of hydrogen-bond acceptors (Lipinski definition) is 3. The van der Waals surface area contributed by atoms with Crippen LogP contribution in [0.2, 0.25) is 0 Å². The van der Waals surface area contributed by atoms with E-state index in [2.05, 4.69) is 21.2 Å². The number of benzene rings is 1. The molecule has 1 aromatic rings. The molecule has 1 aromatic carbocycles. The van der Waals surface area contributed by atoms with E-state index in [0.29, 0.717) is 32.1 Å².